The van der Waals surface area contributed by atoms with Crippen LogP contribution in [-0.2, 0) is 39.5 Å². The summed E-state index contributed by atoms with van der Waals surface area (Å²) in [5, 5.41) is 0. The van der Waals surface area contributed by atoms with Crippen LogP contribution < -0.4 is 0 Å². The number of imidazole rings is 2. The Morgan fingerprint density at radius 2 is 1.14 bits per heavy atom. The molecule has 0 aliphatic heterocycles. The third-order valence-electron chi connectivity index (χ3n) is 4.58. The van der Waals surface area contributed by atoms with Gasteiger partial charge in [-0.2, -0.15) is 0 Å². The van der Waals surface area contributed by atoms with Gasteiger partial charge in [0.15, 0.2) is 0 Å². The first kappa shape index (κ1) is 21.5. The van der Waals surface area contributed by atoms with E-state index < -0.39 is 12.3 Å². The third kappa shape index (κ3) is 5.04. The molecule has 0 spiro atoms. The average Bonchev–Trinajstić information content (AvgIpc) is 3.13. The Morgan fingerprint density at radius 3 is 1.50 bits per heavy atom. The number of halogens is 3. The second-order valence-electron chi connectivity index (χ2n) is 6.52. The molecule has 0 radical (unpaired) electrons. The summed E-state index contributed by atoms with van der Waals surface area (Å²) in [7, 11) is 21.1. The summed E-state index contributed by atoms with van der Waals surface area (Å²) in [6.07, 6.45) is 0. The van der Waals surface area contributed by atoms with Gasteiger partial charge in [-0.3, -0.25) is 4.90 Å². The summed E-state index contributed by atoms with van der Waals surface area (Å²) >= 11 is -1.77. The molecule has 2 aromatic heterocycles. The number of aryl methyl sites for hydroxylation is 2. The van der Waals surface area contributed by atoms with Gasteiger partial charge in [0.1, 0.15) is 11.6 Å². The van der Waals surface area contributed by atoms with Crippen LogP contribution in [0.4, 0.5) is 0 Å². The Labute approximate surface area is 181 Å². The van der Waals surface area contributed by atoms with Gasteiger partial charge in [0.25, 0.3) is 0 Å². The van der Waals surface area contributed by atoms with Crippen LogP contribution in [0.25, 0.3) is 22.1 Å². The van der Waals surface area contributed by atoms with E-state index in [4.69, 9.17) is 39.5 Å². The van der Waals surface area contributed by atoms with Gasteiger partial charge in [0, 0.05) is 14.1 Å². The molecule has 0 aliphatic rings. The maximum absolute atomic E-state index is 4.95. The number of rotatable bonds is 4. The molecular weight excluding hydrogens is 456 g/mol. The topological polar surface area (TPSA) is 38.9 Å². The number of aromatic nitrogens is 4. The van der Waals surface area contributed by atoms with E-state index in [-0.39, 0.29) is 0 Å². The molecule has 4 rings (SSSR count). The Balaban J connectivity index is 0.000000516. The van der Waals surface area contributed by atoms with Gasteiger partial charge in [0.2, 0.25) is 0 Å². The number of hydrogen-bond acceptors (Lipinski definition) is 3. The van der Waals surface area contributed by atoms with Crippen LogP contribution in [0.5, 0.6) is 0 Å². The average molecular weight is 477 g/mol. The zero-order chi connectivity index (χ0) is 20.3. The molecule has 0 atom stereocenters. The molecule has 28 heavy (non-hydrogen) atoms. The van der Waals surface area contributed by atoms with Crippen LogP contribution in [0.1, 0.15) is 11.6 Å². The van der Waals surface area contributed by atoms with Crippen molar-refractivity contribution in [1.82, 2.24) is 24.0 Å². The van der Waals surface area contributed by atoms with E-state index >= 15 is 0 Å². The van der Waals surface area contributed by atoms with E-state index in [2.05, 4.69) is 71.6 Å². The molecule has 0 fully saturated rings. The molecule has 0 N–H and O–H groups in total. The molecule has 0 bridgehead atoms. The van der Waals surface area contributed by atoms with Gasteiger partial charge in [-0.25, -0.2) is 9.97 Å². The summed E-state index contributed by atoms with van der Waals surface area (Å²) < 4.78 is 4.33. The van der Waals surface area contributed by atoms with Gasteiger partial charge in [0.05, 0.1) is 35.2 Å². The van der Waals surface area contributed by atoms with E-state index in [1.807, 2.05) is 12.1 Å². The SMILES string of the molecule is CN(Cc1nc2ccccc2n1C)Cc1nc2ccccc2n1C.[Cl][V]([Cl])[Cl]. The minimum atomic E-state index is -1.77. The van der Waals surface area contributed by atoms with E-state index in [9.17, 15) is 0 Å². The molecule has 5 nitrogen and oxygen atoms in total. The van der Waals surface area contributed by atoms with Gasteiger partial charge in [-0.15, -0.1) is 0 Å². The monoisotopic (exact) mass is 475 g/mol. The standard InChI is InChI=1S/C19H21N5.3ClH.V/c1-22(12-18-20-14-8-4-6-10-16(14)23(18)2)13-19-21-15-9-5-7-11-17(15)24(19)3;;;;/h4-11H,12-13H2,1-3H3;3*1H;/q;;;;+3/p-3. The Bertz CT molecular complexity index is 991. The summed E-state index contributed by atoms with van der Waals surface area (Å²) in [4.78, 5) is 11.8. The fourth-order valence-electron chi connectivity index (χ4n) is 3.21. The van der Waals surface area contributed by atoms with Crippen molar-refractivity contribution in [3.05, 3.63) is 60.2 Å². The Morgan fingerprint density at radius 1 is 0.786 bits per heavy atom. The van der Waals surface area contributed by atoms with Crippen LogP contribution in [-0.4, -0.2) is 31.0 Å². The summed E-state index contributed by atoms with van der Waals surface area (Å²) in [5.41, 5.74) is 4.43. The number of nitrogens with zero attached hydrogens (tertiary/aromatic N) is 5. The first-order chi connectivity index (χ1) is 13.4. The van der Waals surface area contributed by atoms with E-state index in [0.717, 1.165) is 35.8 Å². The number of fused-ring (bicyclic) bond motifs is 2. The zero-order valence-corrected chi connectivity index (χ0v) is 19.5. The van der Waals surface area contributed by atoms with Crippen molar-refractivity contribution in [1.29, 1.82) is 0 Å². The van der Waals surface area contributed by atoms with Crippen molar-refractivity contribution in [3.8, 4) is 0 Å². The van der Waals surface area contributed by atoms with E-state index in [1.165, 1.54) is 11.0 Å². The Kier molecular flexibility index (Phi) is 7.32. The van der Waals surface area contributed by atoms with Crippen molar-refractivity contribution in [2.75, 3.05) is 7.05 Å². The Hall–Kier alpha value is -1.21. The van der Waals surface area contributed by atoms with Crippen molar-refractivity contribution < 1.29 is 12.3 Å². The molecule has 0 aliphatic carbocycles. The van der Waals surface area contributed by atoms with Crippen molar-refractivity contribution in [3.63, 3.8) is 0 Å². The van der Waals surface area contributed by atoms with Gasteiger partial charge in [-0.1, -0.05) is 24.3 Å². The molecule has 4 aromatic rings. The van der Waals surface area contributed by atoms with E-state index in [0.29, 0.717) is 0 Å². The predicted octanol–water partition coefficient (Wildman–Crippen LogP) is 5.16. The molecule has 0 saturated carbocycles. The second kappa shape index (κ2) is 9.53. The zero-order valence-electron chi connectivity index (χ0n) is 15.9. The van der Waals surface area contributed by atoms with Crippen LogP contribution in [0, 0.1) is 0 Å². The summed E-state index contributed by atoms with van der Waals surface area (Å²) in [6, 6.07) is 16.5. The van der Waals surface area contributed by atoms with Gasteiger partial charge >= 0.3 is 41.8 Å². The van der Waals surface area contributed by atoms with Gasteiger partial charge in [-0.05, 0) is 31.3 Å². The molecule has 148 valence electrons. The quantitative estimate of drug-likeness (QED) is 0.408. The maximum atomic E-state index is 4.95. The first-order valence-electron chi connectivity index (χ1n) is 8.63. The van der Waals surface area contributed by atoms with Crippen LogP contribution >= 0.6 is 29.5 Å². The molecule has 9 heteroatoms. The van der Waals surface area contributed by atoms with Crippen molar-refractivity contribution in [2.45, 2.75) is 13.1 Å². The molecular formula is C19H21Cl3N5V. The predicted molar refractivity (Wildman–Crippen MR) is 114 cm³/mol. The van der Waals surface area contributed by atoms with Gasteiger partial charge < -0.3 is 9.13 Å². The van der Waals surface area contributed by atoms with Crippen LogP contribution in [0.3, 0.4) is 0 Å². The number of benzene rings is 2. The fraction of sp³-hybridized carbons (Fsp3) is 0.263. The molecule has 0 saturated heterocycles. The molecule has 0 amide bonds. The summed E-state index contributed by atoms with van der Waals surface area (Å²) in [6.45, 7) is 1.57. The normalized spacial score (nSPS) is 11.4. The molecule has 2 heterocycles. The minimum absolute atomic E-state index is 0.786. The third-order valence-corrected chi connectivity index (χ3v) is 4.58. The van der Waals surface area contributed by atoms with Crippen molar-refractivity contribution in [2.24, 2.45) is 14.1 Å². The van der Waals surface area contributed by atoms with Crippen molar-refractivity contribution >= 4 is 51.6 Å². The number of hydrogen-bond donors (Lipinski definition) is 0. The van der Waals surface area contributed by atoms with Crippen LogP contribution in [0.2, 0.25) is 0 Å². The summed E-state index contributed by atoms with van der Waals surface area (Å²) in [5.74, 6) is 2.13. The second-order valence-corrected chi connectivity index (χ2v) is 13.4. The van der Waals surface area contributed by atoms with Crippen LogP contribution in [0.15, 0.2) is 48.5 Å². The van der Waals surface area contributed by atoms with E-state index in [1.54, 1.807) is 0 Å². The fourth-order valence-corrected chi connectivity index (χ4v) is 3.21. The number of para-hydroxylation sites is 4. The molecule has 0 unspecified atom stereocenters. The molecule has 2 aromatic carbocycles. The first-order valence-corrected chi connectivity index (χ1v) is 14.4.